The van der Waals surface area contributed by atoms with Crippen molar-refractivity contribution in [2.24, 2.45) is 0 Å². The van der Waals surface area contributed by atoms with Crippen LogP contribution in [0.4, 0.5) is 0 Å². The van der Waals surface area contributed by atoms with Crippen molar-refractivity contribution in [2.75, 3.05) is 12.4 Å². The summed E-state index contributed by atoms with van der Waals surface area (Å²) < 4.78 is 8.34. The molecular formula is C24H17ClN2O2S2. The largest absolute Gasteiger partial charge is 0.492 e. The van der Waals surface area contributed by atoms with Gasteiger partial charge in [-0.3, -0.25) is 4.79 Å². The van der Waals surface area contributed by atoms with Gasteiger partial charge in [-0.15, -0.1) is 11.8 Å². The molecule has 31 heavy (non-hydrogen) atoms. The minimum absolute atomic E-state index is 0.0539. The summed E-state index contributed by atoms with van der Waals surface area (Å²) in [6.45, 7) is 0.556. The van der Waals surface area contributed by atoms with Gasteiger partial charge in [-0.05, 0) is 48.5 Å². The van der Waals surface area contributed by atoms with Crippen molar-refractivity contribution in [2.45, 2.75) is 4.90 Å². The highest BCUT2D eigenvalue weighted by Gasteiger charge is 2.11. The second kappa shape index (κ2) is 8.75. The molecule has 0 spiro atoms. The van der Waals surface area contributed by atoms with Crippen molar-refractivity contribution >= 4 is 56.8 Å². The van der Waals surface area contributed by atoms with Gasteiger partial charge in [0.1, 0.15) is 5.75 Å². The number of halogens is 1. The van der Waals surface area contributed by atoms with Crippen molar-refractivity contribution < 1.29 is 4.74 Å². The number of thiazole rings is 1. The van der Waals surface area contributed by atoms with E-state index < -0.39 is 0 Å². The quantitative estimate of drug-likeness (QED) is 0.253. The molecule has 4 nitrogen and oxygen atoms in total. The predicted molar refractivity (Wildman–Crippen MR) is 130 cm³/mol. The highest BCUT2D eigenvalue weighted by molar-refractivity contribution is 7.99. The number of thioether (sulfide) groups is 1. The molecule has 0 aliphatic carbocycles. The zero-order valence-corrected chi connectivity index (χ0v) is 18.7. The topological polar surface area (TPSA) is 43.6 Å². The first-order valence-electron chi connectivity index (χ1n) is 9.71. The van der Waals surface area contributed by atoms with Gasteiger partial charge >= 0.3 is 0 Å². The molecule has 3 aromatic carbocycles. The maximum atomic E-state index is 13.0. The van der Waals surface area contributed by atoms with E-state index >= 15 is 0 Å². The number of benzene rings is 3. The predicted octanol–water partition coefficient (Wildman–Crippen LogP) is 5.28. The van der Waals surface area contributed by atoms with Gasteiger partial charge in [-0.1, -0.05) is 53.3 Å². The number of hydrogen-bond donors (Lipinski definition) is 0. The molecule has 0 saturated carbocycles. The molecule has 0 aliphatic heterocycles. The first kappa shape index (κ1) is 20.1. The second-order valence-corrected chi connectivity index (χ2v) is 9.44. The molecule has 0 aliphatic rings. The van der Waals surface area contributed by atoms with Crippen LogP contribution in [0.1, 0.15) is 5.56 Å². The number of aromatic nitrogens is 2. The first-order valence-corrected chi connectivity index (χ1v) is 11.9. The molecule has 0 bridgehead atoms. The zero-order chi connectivity index (χ0) is 21.2. The number of hydrogen-bond acceptors (Lipinski definition) is 5. The number of para-hydroxylation sites is 3. The molecule has 0 unspecified atom stereocenters. The Morgan fingerprint density at radius 3 is 2.68 bits per heavy atom. The fraction of sp³-hybridized carbons (Fsp3) is 0.0833. The second-order valence-electron chi connectivity index (χ2n) is 6.82. The van der Waals surface area contributed by atoms with Gasteiger partial charge in [0, 0.05) is 21.2 Å². The van der Waals surface area contributed by atoms with Crippen LogP contribution in [0.2, 0.25) is 5.02 Å². The fourth-order valence-corrected chi connectivity index (χ4v) is 5.16. The Kier molecular flexibility index (Phi) is 5.68. The lowest BCUT2D eigenvalue weighted by Crippen LogP contribution is -2.22. The average Bonchev–Trinajstić information content (AvgIpc) is 3.30. The van der Waals surface area contributed by atoms with Crippen molar-refractivity contribution in [3.05, 3.63) is 98.3 Å². The summed E-state index contributed by atoms with van der Waals surface area (Å²) in [7, 11) is 0. The Bertz CT molecular complexity index is 1480. The number of ether oxygens (including phenoxy) is 1. The van der Waals surface area contributed by atoms with E-state index in [4.69, 9.17) is 16.3 Å². The lowest BCUT2D eigenvalue weighted by Gasteiger charge is -2.09. The Labute approximate surface area is 191 Å². The third-order valence-electron chi connectivity index (χ3n) is 4.77. The van der Waals surface area contributed by atoms with E-state index in [1.165, 1.54) is 11.3 Å². The van der Waals surface area contributed by atoms with Crippen molar-refractivity contribution in [3.8, 4) is 5.75 Å². The Morgan fingerprint density at radius 2 is 1.81 bits per heavy atom. The van der Waals surface area contributed by atoms with Crippen LogP contribution in [0.15, 0.2) is 82.5 Å². The lowest BCUT2D eigenvalue weighted by atomic mass is 10.2. The molecular weight excluding hydrogens is 448 g/mol. The Morgan fingerprint density at radius 1 is 1.03 bits per heavy atom. The average molecular weight is 465 g/mol. The van der Waals surface area contributed by atoms with Gasteiger partial charge in [-0.25, -0.2) is 9.38 Å². The summed E-state index contributed by atoms with van der Waals surface area (Å²) in [5.74, 6) is 1.57. The molecule has 0 atom stereocenters. The van der Waals surface area contributed by atoms with Crippen LogP contribution in [0.5, 0.6) is 5.75 Å². The van der Waals surface area contributed by atoms with Crippen LogP contribution in [0.25, 0.3) is 22.1 Å². The first-order chi connectivity index (χ1) is 15.2. The minimum Gasteiger partial charge on any atom is -0.492 e. The van der Waals surface area contributed by atoms with Crippen LogP contribution in [0.3, 0.4) is 0 Å². The monoisotopic (exact) mass is 464 g/mol. The highest BCUT2D eigenvalue weighted by Crippen LogP contribution is 2.23. The summed E-state index contributed by atoms with van der Waals surface area (Å²) in [5, 5.41) is 0.733. The maximum Gasteiger partial charge on any atom is 0.274 e. The summed E-state index contributed by atoms with van der Waals surface area (Å²) in [6.07, 6.45) is 1.89. The van der Waals surface area contributed by atoms with Crippen molar-refractivity contribution in [1.29, 1.82) is 0 Å². The smallest absolute Gasteiger partial charge is 0.274 e. The van der Waals surface area contributed by atoms with Crippen LogP contribution in [-0.2, 0) is 0 Å². The van der Waals surface area contributed by atoms with E-state index in [9.17, 15) is 4.79 Å². The standard InChI is InChI=1S/C24H17ClN2O2S2/c25-17-9-11-18(12-10-17)30-14-13-29-21-8-4-1-5-16(21)15-22-23(28)27-20-7-3-2-6-19(20)26-24(27)31-22/h1-12,15H,13-14H2/b22-15+. The van der Waals surface area contributed by atoms with Gasteiger partial charge in [0.05, 0.1) is 22.2 Å². The zero-order valence-electron chi connectivity index (χ0n) is 16.3. The molecule has 0 saturated heterocycles. The fourth-order valence-electron chi connectivity index (χ4n) is 3.33. The molecule has 5 aromatic rings. The van der Waals surface area contributed by atoms with Crippen molar-refractivity contribution in [3.63, 3.8) is 0 Å². The third kappa shape index (κ3) is 4.19. The van der Waals surface area contributed by atoms with Crippen LogP contribution >= 0.6 is 34.7 Å². The number of rotatable bonds is 6. The third-order valence-corrected chi connectivity index (χ3v) is 6.97. The summed E-state index contributed by atoms with van der Waals surface area (Å²) >= 11 is 9.04. The van der Waals surface area contributed by atoms with Gasteiger partial charge in [0.25, 0.3) is 5.56 Å². The number of fused-ring (bicyclic) bond motifs is 3. The Hall–Kier alpha value is -2.80. The molecule has 154 valence electrons. The summed E-state index contributed by atoms with van der Waals surface area (Å²) in [5.41, 5.74) is 2.49. The summed E-state index contributed by atoms with van der Waals surface area (Å²) in [6, 6.07) is 23.2. The van der Waals surface area contributed by atoms with Crippen LogP contribution in [0, 0.1) is 0 Å². The van der Waals surface area contributed by atoms with Gasteiger partial charge < -0.3 is 4.74 Å². The number of nitrogens with zero attached hydrogens (tertiary/aromatic N) is 2. The maximum absolute atomic E-state index is 13.0. The van der Waals surface area contributed by atoms with E-state index in [-0.39, 0.29) is 5.56 Å². The van der Waals surface area contributed by atoms with Crippen LogP contribution in [-0.4, -0.2) is 21.7 Å². The normalized spacial score (nSPS) is 12.1. The van der Waals surface area contributed by atoms with E-state index in [1.54, 1.807) is 16.2 Å². The van der Waals surface area contributed by atoms with E-state index in [1.807, 2.05) is 78.9 Å². The molecule has 0 amide bonds. The molecule has 0 fully saturated rings. The molecule has 2 aromatic heterocycles. The van der Waals surface area contributed by atoms with Gasteiger partial charge in [-0.2, -0.15) is 0 Å². The van der Waals surface area contributed by atoms with Crippen molar-refractivity contribution in [1.82, 2.24) is 9.38 Å². The van der Waals surface area contributed by atoms with E-state index in [0.717, 1.165) is 38.0 Å². The molecule has 2 heterocycles. The number of imidazole rings is 1. The molecule has 0 radical (unpaired) electrons. The van der Waals surface area contributed by atoms with Gasteiger partial charge in [0.15, 0.2) is 4.96 Å². The lowest BCUT2D eigenvalue weighted by molar-refractivity contribution is 0.343. The SMILES string of the molecule is O=c1/c(=C\c2ccccc2OCCSc2ccc(Cl)cc2)sc2nc3ccccc3n12. The molecule has 0 N–H and O–H groups in total. The van der Waals surface area contributed by atoms with E-state index in [0.29, 0.717) is 16.1 Å². The van der Waals surface area contributed by atoms with E-state index in [2.05, 4.69) is 4.98 Å². The minimum atomic E-state index is -0.0539. The Balaban J connectivity index is 1.38. The molecule has 7 heteroatoms. The molecule has 5 rings (SSSR count). The summed E-state index contributed by atoms with van der Waals surface area (Å²) in [4.78, 5) is 19.4. The van der Waals surface area contributed by atoms with Gasteiger partial charge in [0.2, 0.25) is 0 Å². The highest BCUT2D eigenvalue weighted by atomic mass is 35.5. The van der Waals surface area contributed by atoms with Crippen LogP contribution < -0.4 is 14.8 Å².